The van der Waals surface area contributed by atoms with Gasteiger partial charge in [0.15, 0.2) is 9.84 Å². The zero-order valence-electron chi connectivity index (χ0n) is 13.0. The van der Waals surface area contributed by atoms with E-state index in [4.69, 9.17) is 0 Å². The Morgan fingerprint density at radius 2 is 1.73 bits per heavy atom. The fraction of sp³-hybridized carbons (Fsp3) is 0.353. The molecule has 0 saturated heterocycles. The van der Waals surface area contributed by atoms with E-state index in [-0.39, 0.29) is 6.04 Å². The van der Waals surface area contributed by atoms with Gasteiger partial charge in [-0.3, -0.25) is 4.79 Å². The lowest BCUT2D eigenvalue weighted by Crippen LogP contribution is -2.42. The summed E-state index contributed by atoms with van der Waals surface area (Å²) in [5, 5.41) is 4.07. The molecule has 0 aliphatic rings. The average molecular weight is 319 g/mol. The van der Waals surface area contributed by atoms with Crippen LogP contribution in [0.5, 0.6) is 0 Å². The summed E-state index contributed by atoms with van der Waals surface area (Å²) in [6, 6.07) is 14.1. The molecule has 22 heavy (non-hydrogen) atoms. The van der Waals surface area contributed by atoms with Crippen LogP contribution in [-0.4, -0.2) is 31.9 Å². The largest absolute Gasteiger partial charge is 0.352 e. The Hall–Kier alpha value is -1.88. The quantitative estimate of drug-likeness (QED) is 0.920. The number of fused-ring (bicyclic) bond motifs is 1. The maximum Gasteiger partial charge on any atom is 0.238 e. The van der Waals surface area contributed by atoms with Crippen molar-refractivity contribution in [3.05, 3.63) is 48.0 Å². The number of nitrogens with one attached hydrogen (secondary N) is 1. The van der Waals surface area contributed by atoms with Crippen molar-refractivity contribution in [1.29, 1.82) is 0 Å². The molecule has 118 valence electrons. The highest BCUT2D eigenvalue weighted by atomic mass is 32.2. The van der Waals surface area contributed by atoms with E-state index in [9.17, 15) is 13.2 Å². The van der Waals surface area contributed by atoms with Gasteiger partial charge in [-0.25, -0.2) is 8.42 Å². The normalized spacial score (nSPS) is 14.5. The summed E-state index contributed by atoms with van der Waals surface area (Å²) in [6.07, 6.45) is 1.73. The van der Waals surface area contributed by atoms with E-state index in [0.29, 0.717) is 6.42 Å². The van der Waals surface area contributed by atoms with Gasteiger partial charge >= 0.3 is 0 Å². The highest BCUT2D eigenvalue weighted by Gasteiger charge is 2.24. The summed E-state index contributed by atoms with van der Waals surface area (Å²) in [4.78, 5) is 11.9. The molecule has 2 atom stereocenters. The molecule has 5 heteroatoms. The first-order valence-electron chi connectivity index (χ1n) is 7.24. The molecule has 0 fully saturated rings. The summed E-state index contributed by atoms with van der Waals surface area (Å²) < 4.78 is 22.8. The van der Waals surface area contributed by atoms with Crippen LogP contribution in [0.1, 0.15) is 19.4 Å². The molecule has 1 amide bonds. The minimum Gasteiger partial charge on any atom is -0.352 e. The molecule has 0 bridgehead atoms. The number of carbonyl (C=O) groups excluding carboxylic acids is 1. The average Bonchev–Trinajstić information content (AvgIpc) is 2.45. The van der Waals surface area contributed by atoms with Gasteiger partial charge in [0.1, 0.15) is 5.25 Å². The smallest absolute Gasteiger partial charge is 0.238 e. The number of hydrogen-bond donors (Lipinski definition) is 1. The lowest BCUT2D eigenvalue weighted by molar-refractivity contribution is -0.121. The number of rotatable bonds is 5. The summed E-state index contributed by atoms with van der Waals surface area (Å²) in [5.74, 6) is -0.448. The second-order valence-corrected chi connectivity index (χ2v) is 8.13. The number of benzene rings is 2. The van der Waals surface area contributed by atoms with Gasteiger partial charge < -0.3 is 5.32 Å². The van der Waals surface area contributed by atoms with E-state index in [0.717, 1.165) is 17.2 Å². The topological polar surface area (TPSA) is 63.2 Å². The molecule has 0 unspecified atom stereocenters. The molecule has 0 heterocycles. The number of carbonyl (C=O) groups is 1. The van der Waals surface area contributed by atoms with Crippen molar-refractivity contribution < 1.29 is 13.2 Å². The van der Waals surface area contributed by atoms with Crippen LogP contribution in [-0.2, 0) is 21.1 Å². The second kappa shape index (κ2) is 6.48. The van der Waals surface area contributed by atoms with Crippen LogP contribution in [0, 0.1) is 0 Å². The third kappa shape index (κ3) is 4.07. The van der Waals surface area contributed by atoms with Gasteiger partial charge in [-0.2, -0.15) is 0 Å². The third-order valence-corrected chi connectivity index (χ3v) is 5.25. The van der Waals surface area contributed by atoms with E-state index in [1.165, 1.54) is 12.3 Å². The van der Waals surface area contributed by atoms with Gasteiger partial charge in [0.05, 0.1) is 0 Å². The van der Waals surface area contributed by atoms with E-state index in [1.54, 1.807) is 0 Å². The van der Waals surface area contributed by atoms with E-state index in [1.807, 2.05) is 31.2 Å². The molecule has 0 aromatic heterocycles. The molecule has 4 nitrogen and oxygen atoms in total. The lowest BCUT2D eigenvalue weighted by Gasteiger charge is -2.17. The molecule has 0 saturated carbocycles. The first-order valence-corrected chi connectivity index (χ1v) is 9.20. The maximum atomic E-state index is 11.9. The minimum absolute atomic E-state index is 0.127. The lowest BCUT2D eigenvalue weighted by atomic mass is 10.0. The van der Waals surface area contributed by atoms with Crippen LogP contribution in [0.25, 0.3) is 10.8 Å². The summed E-state index contributed by atoms with van der Waals surface area (Å²) in [6.45, 7) is 3.29. The first-order chi connectivity index (χ1) is 10.3. The molecule has 2 aromatic carbocycles. The summed E-state index contributed by atoms with van der Waals surface area (Å²) in [7, 11) is -3.36. The number of sulfone groups is 1. The molecule has 0 spiro atoms. The molecular formula is C17H21NO3S. The fourth-order valence-electron chi connectivity index (χ4n) is 2.32. The van der Waals surface area contributed by atoms with Crippen molar-refractivity contribution in [3.63, 3.8) is 0 Å². The number of amides is 1. The molecule has 0 radical (unpaired) electrons. The first kappa shape index (κ1) is 16.5. The molecule has 2 rings (SSSR count). The zero-order chi connectivity index (χ0) is 16.3. The van der Waals surface area contributed by atoms with E-state index in [2.05, 4.69) is 23.5 Å². The Labute approximate surface area is 131 Å². The van der Waals surface area contributed by atoms with Crippen molar-refractivity contribution in [2.75, 3.05) is 6.26 Å². The van der Waals surface area contributed by atoms with Crippen molar-refractivity contribution in [3.8, 4) is 0 Å². The van der Waals surface area contributed by atoms with Crippen LogP contribution < -0.4 is 5.32 Å². The Morgan fingerprint density at radius 1 is 1.09 bits per heavy atom. The van der Waals surface area contributed by atoms with E-state index < -0.39 is 21.0 Å². The van der Waals surface area contributed by atoms with Crippen molar-refractivity contribution >= 4 is 26.5 Å². The fourth-order valence-corrected chi connectivity index (χ4v) is 2.78. The Morgan fingerprint density at radius 3 is 2.36 bits per heavy atom. The predicted octanol–water partition coefficient (Wildman–Crippen LogP) is 2.32. The highest BCUT2D eigenvalue weighted by Crippen LogP contribution is 2.16. The van der Waals surface area contributed by atoms with Gasteiger partial charge in [-0.05, 0) is 36.6 Å². The second-order valence-electron chi connectivity index (χ2n) is 5.77. The van der Waals surface area contributed by atoms with Gasteiger partial charge in [-0.15, -0.1) is 0 Å². The monoisotopic (exact) mass is 319 g/mol. The molecule has 2 aromatic rings. The standard InChI is InChI=1S/C17H21NO3S/c1-12(18-17(19)13(2)22(3,20)21)10-14-8-9-15-6-4-5-7-16(15)11-14/h4-9,11-13H,10H2,1-3H3,(H,18,19)/t12-,13+/m1/s1. The van der Waals surface area contributed by atoms with E-state index >= 15 is 0 Å². The minimum atomic E-state index is -3.36. The van der Waals surface area contributed by atoms with Crippen LogP contribution in [0.15, 0.2) is 42.5 Å². The summed E-state index contributed by atoms with van der Waals surface area (Å²) in [5.41, 5.74) is 1.11. The predicted molar refractivity (Wildman–Crippen MR) is 89.6 cm³/mol. The Balaban J connectivity index is 2.04. The van der Waals surface area contributed by atoms with Gasteiger partial charge in [0.25, 0.3) is 0 Å². The SMILES string of the molecule is C[C@H](Cc1ccc2ccccc2c1)NC(=O)[C@H](C)S(C)(=O)=O. The van der Waals surface area contributed by atoms with Crippen molar-refractivity contribution in [1.82, 2.24) is 5.32 Å². The number of hydrogen-bond acceptors (Lipinski definition) is 3. The van der Waals surface area contributed by atoms with Crippen LogP contribution in [0.3, 0.4) is 0 Å². The summed E-state index contributed by atoms with van der Waals surface area (Å²) >= 11 is 0. The van der Waals surface area contributed by atoms with Crippen LogP contribution in [0.4, 0.5) is 0 Å². The molecule has 0 aliphatic heterocycles. The third-order valence-electron chi connectivity index (χ3n) is 3.76. The van der Waals surface area contributed by atoms with Crippen molar-refractivity contribution in [2.24, 2.45) is 0 Å². The van der Waals surface area contributed by atoms with Gasteiger partial charge in [0, 0.05) is 12.3 Å². The molecule has 0 aliphatic carbocycles. The van der Waals surface area contributed by atoms with Crippen LogP contribution in [0.2, 0.25) is 0 Å². The molecule has 1 N–H and O–H groups in total. The van der Waals surface area contributed by atoms with Crippen molar-refractivity contribution in [2.45, 2.75) is 31.6 Å². The zero-order valence-corrected chi connectivity index (χ0v) is 13.9. The van der Waals surface area contributed by atoms with Gasteiger partial charge in [-0.1, -0.05) is 42.5 Å². The molecular weight excluding hydrogens is 298 g/mol. The maximum absolute atomic E-state index is 11.9. The van der Waals surface area contributed by atoms with Gasteiger partial charge in [0.2, 0.25) is 5.91 Å². The Bertz CT molecular complexity index is 783. The van der Waals surface area contributed by atoms with Crippen LogP contribution >= 0.6 is 0 Å². The Kier molecular flexibility index (Phi) is 4.86. The highest BCUT2D eigenvalue weighted by molar-refractivity contribution is 7.92.